The van der Waals surface area contributed by atoms with Gasteiger partial charge < -0.3 is 0 Å². The van der Waals surface area contributed by atoms with Crippen molar-refractivity contribution in [1.29, 1.82) is 0 Å². The zero-order valence-electron chi connectivity index (χ0n) is 20.9. The van der Waals surface area contributed by atoms with E-state index < -0.39 is 8.07 Å². The number of hydrogen-bond acceptors (Lipinski definition) is 0. The second-order valence-electron chi connectivity index (χ2n) is 9.88. The van der Waals surface area contributed by atoms with Crippen molar-refractivity contribution in [3.63, 3.8) is 0 Å². The summed E-state index contributed by atoms with van der Waals surface area (Å²) < 4.78 is 0. The van der Waals surface area contributed by atoms with Gasteiger partial charge in [0.05, 0.1) is 0 Å². The van der Waals surface area contributed by atoms with Gasteiger partial charge in [-0.05, 0) is 75.5 Å². The first kappa shape index (κ1) is 22.5. The second kappa shape index (κ2) is 8.37. The van der Waals surface area contributed by atoms with Gasteiger partial charge in [-0.15, -0.1) is 0 Å². The molecule has 2 unspecified atom stereocenters. The monoisotopic (exact) mass is 436 g/mol. The Morgan fingerprint density at radius 1 is 0.594 bits per heavy atom. The van der Waals surface area contributed by atoms with Crippen molar-refractivity contribution in [2.24, 2.45) is 5.92 Å². The summed E-state index contributed by atoms with van der Waals surface area (Å²) in [4.78, 5) is 0. The first-order chi connectivity index (χ1) is 15.2. The maximum atomic E-state index is 2.47. The predicted octanol–water partition coefficient (Wildman–Crippen LogP) is 6.23. The molecule has 3 aromatic rings. The molecule has 0 amide bonds. The quantitative estimate of drug-likeness (QED) is 0.336. The smallest absolute Gasteiger partial charge is 0.0636 e. The van der Waals surface area contributed by atoms with Crippen LogP contribution in [0.25, 0.3) is 0 Å². The van der Waals surface area contributed by atoms with E-state index in [4.69, 9.17) is 0 Å². The number of aryl methyl sites for hydroxylation is 4. The first-order valence-corrected chi connectivity index (χ1v) is 13.8. The highest BCUT2D eigenvalue weighted by atomic mass is 28.3. The molecule has 1 aliphatic carbocycles. The van der Waals surface area contributed by atoms with E-state index in [0.29, 0.717) is 5.92 Å². The van der Waals surface area contributed by atoms with Crippen molar-refractivity contribution in [2.45, 2.75) is 55.4 Å². The molecule has 0 fully saturated rings. The van der Waals surface area contributed by atoms with Crippen LogP contribution in [0, 0.1) is 33.6 Å². The third kappa shape index (κ3) is 3.44. The number of hydrogen-bond donors (Lipinski definition) is 0. The third-order valence-electron chi connectivity index (χ3n) is 7.69. The Morgan fingerprint density at radius 2 is 1.22 bits per heavy atom. The molecule has 0 N–H and O–H groups in total. The number of benzene rings is 3. The molecule has 1 aliphatic rings. The molecule has 32 heavy (non-hydrogen) atoms. The molecule has 4 rings (SSSR count). The highest BCUT2D eigenvalue weighted by molar-refractivity contribution is 7.16. The summed E-state index contributed by atoms with van der Waals surface area (Å²) in [6, 6.07) is 25.8. The van der Waals surface area contributed by atoms with Crippen LogP contribution < -0.4 is 15.6 Å². The molecule has 0 spiro atoms. The molecule has 164 valence electrons. The topological polar surface area (TPSA) is 0 Å². The van der Waals surface area contributed by atoms with Gasteiger partial charge in [-0.1, -0.05) is 112 Å². The van der Waals surface area contributed by atoms with Crippen molar-refractivity contribution in [3.05, 3.63) is 111 Å². The van der Waals surface area contributed by atoms with Gasteiger partial charge in [0.1, 0.15) is 0 Å². The Kier molecular flexibility index (Phi) is 5.90. The molecule has 0 saturated heterocycles. The predicted molar refractivity (Wildman–Crippen MR) is 143 cm³/mol. The first-order valence-electron chi connectivity index (χ1n) is 11.8. The highest BCUT2D eigenvalue weighted by Crippen LogP contribution is 2.41. The van der Waals surface area contributed by atoms with Gasteiger partial charge in [0.25, 0.3) is 0 Å². The number of allylic oxidation sites excluding steroid dienone is 4. The summed E-state index contributed by atoms with van der Waals surface area (Å²) in [5.41, 5.74) is 9.96. The van der Waals surface area contributed by atoms with Crippen LogP contribution in [0.2, 0.25) is 0 Å². The van der Waals surface area contributed by atoms with Crippen molar-refractivity contribution >= 4 is 23.6 Å². The van der Waals surface area contributed by atoms with Crippen LogP contribution in [0.1, 0.15) is 49.9 Å². The van der Waals surface area contributed by atoms with Gasteiger partial charge in [0.2, 0.25) is 0 Å². The molecule has 0 nitrogen and oxygen atoms in total. The summed E-state index contributed by atoms with van der Waals surface area (Å²) in [5.74, 6) is 0.448. The fourth-order valence-corrected chi connectivity index (χ4v) is 12.1. The van der Waals surface area contributed by atoms with E-state index in [0.717, 1.165) is 0 Å². The Bertz CT molecular complexity index is 1220. The molecule has 0 aliphatic heterocycles. The maximum absolute atomic E-state index is 2.49. The minimum Gasteiger partial charge on any atom is -0.0636 e. The van der Waals surface area contributed by atoms with Crippen molar-refractivity contribution in [2.75, 3.05) is 0 Å². The lowest BCUT2D eigenvalue weighted by molar-refractivity contribution is 0.851. The summed E-state index contributed by atoms with van der Waals surface area (Å²) in [6.45, 7) is 18.5. The Hall–Kier alpha value is -2.64. The van der Waals surface area contributed by atoms with E-state index >= 15 is 0 Å². The average Bonchev–Trinajstić information content (AvgIpc) is 2.94. The van der Waals surface area contributed by atoms with Gasteiger partial charge in [-0.2, -0.15) is 0 Å². The standard InChI is InChI=1S/C31H36Si/c1-20-14-15-30(23(4)17-20)32(28-12-10-9-11-13-28,29-18-21(2)16-22(3)19-29)31-26(7)24(5)25(6)27(31)8/h9-19,26H,1-8H3. The SMILES string of the molecule is CC1=C(C)C(C)C([Si](c2ccccc2)(c2cc(C)cc(C)c2)c2ccc(C)cc2C)=C1C. The van der Waals surface area contributed by atoms with Gasteiger partial charge in [-0.25, -0.2) is 0 Å². The summed E-state index contributed by atoms with van der Waals surface area (Å²) in [5, 5.41) is 6.19. The molecule has 2 atom stereocenters. The van der Waals surface area contributed by atoms with Crippen LogP contribution in [0.3, 0.4) is 0 Å². The van der Waals surface area contributed by atoms with Crippen LogP contribution in [0.5, 0.6) is 0 Å². The Morgan fingerprint density at radius 3 is 1.75 bits per heavy atom. The van der Waals surface area contributed by atoms with Crippen molar-refractivity contribution < 1.29 is 0 Å². The van der Waals surface area contributed by atoms with Crippen LogP contribution in [0.15, 0.2) is 88.6 Å². The highest BCUT2D eigenvalue weighted by Gasteiger charge is 2.48. The molecule has 0 aromatic heterocycles. The van der Waals surface area contributed by atoms with Gasteiger partial charge >= 0.3 is 0 Å². The van der Waals surface area contributed by atoms with E-state index in [1.54, 1.807) is 5.20 Å². The minimum atomic E-state index is -2.49. The average molecular weight is 437 g/mol. The summed E-state index contributed by atoms with van der Waals surface area (Å²) in [6.07, 6.45) is 0. The van der Waals surface area contributed by atoms with E-state index in [1.807, 2.05) is 0 Å². The minimum absolute atomic E-state index is 0.448. The zero-order chi connectivity index (χ0) is 23.2. The Labute approximate surface area is 195 Å². The molecule has 0 heterocycles. The van der Waals surface area contributed by atoms with Gasteiger partial charge in [0, 0.05) is 0 Å². The number of rotatable bonds is 4. The van der Waals surface area contributed by atoms with Crippen molar-refractivity contribution in [3.8, 4) is 0 Å². The second-order valence-corrected chi connectivity index (χ2v) is 13.6. The van der Waals surface area contributed by atoms with Gasteiger partial charge in [-0.3, -0.25) is 0 Å². The summed E-state index contributed by atoms with van der Waals surface area (Å²) in [7, 11) is -2.49. The largest absolute Gasteiger partial charge is 0.176 e. The molecule has 0 bridgehead atoms. The van der Waals surface area contributed by atoms with Crippen LogP contribution >= 0.6 is 0 Å². The molecular formula is C31H36Si. The molecule has 0 saturated carbocycles. The molecule has 1 heteroatoms. The van der Waals surface area contributed by atoms with Crippen molar-refractivity contribution in [1.82, 2.24) is 0 Å². The molecule has 3 aromatic carbocycles. The Balaban J connectivity index is 2.24. The van der Waals surface area contributed by atoms with E-state index in [9.17, 15) is 0 Å². The molecule has 0 radical (unpaired) electrons. The third-order valence-corrected chi connectivity index (χ3v) is 13.0. The van der Waals surface area contributed by atoms with E-state index in [-0.39, 0.29) is 0 Å². The van der Waals surface area contributed by atoms with Crippen LogP contribution in [0.4, 0.5) is 0 Å². The van der Waals surface area contributed by atoms with Crippen LogP contribution in [-0.4, -0.2) is 8.07 Å². The van der Waals surface area contributed by atoms with Gasteiger partial charge in [0.15, 0.2) is 8.07 Å². The zero-order valence-corrected chi connectivity index (χ0v) is 21.9. The summed E-state index contributed by atoms with van der Waals surface area (Å²) >= 11 is 0. The lowest BCUT2D eigenvalue weighted by Gasteiger charge is -2.40. The molecular weight excluding hydrogens is 400 g/mol. The normalized spacial score (nSPS) is 18.3. The lowest BCUT2D eigenvalue weighted by atomic mass is 10.1. The lowest BCUT2D eigenvalue weighted by Crippen LogP contribution is -2.70. The van der Waals surface area contributed by atoms with E-state index in [1.165, 1.54) is 54.5 Å². The van der Waals surface area contributed by atoms with E-state index in [2.05, 4.69) is 122 Å². The maximum Gasteiger partial charge on any atom is 0.176 e. The van der Waals surface area contributed by atoms with Crippen LogP contribution in [-0.2, 0) is 0 Å². The fraction of sp³-hybridized carbons (Fsp3) is 0.290. The fourth-order valence-electron chi connectivity index (χ4n) is 6.02.